The maximum absolute atomic E-state index is 5.05. The van der Waals surface area contributed by atoms with Crippen molar-refractivity contribution in [3.05, 3.63) is 23.9 Å². The van der Waals surface area contributed by atoms with E-state index in [-0.39, 0.29) is 0 Å². The van der Waals surface area contributed by atoms with Crippen LogP contribution in [0.4, 0.5) is 5.95 Å². The van der Waals surface area contributed by atoms with E-state index < -0.39 is 0 Å². The first-order chi connectivity index (χ1) is 9.61. The van der Waals surface area contributed by atoms with Crippen LogP contribution in [0.5, 0.6) is 5.88 Å². The monoisotopic (exact) mass is 272 g/mol. The smallest absolute Gasteiger partial charge is 0.246 e. The van der Waals surface area contributed by atoms with Gasteiger partial charge in [-0.15, -0.1) is 0 Å². The molecule has 106 valence electrons. The highest BCUT2D eigenvalue weighted by Gasteiger charge is 2.50. The molecule has 0 aromatic carbocycles. The average molecular weight is 272 g/mol. The maximum atomic E-state index is 5.05. The number of allylic oxidation sites excluding steroid dienone is 2. The number of anilines is 1. The average Bonchev–Trinajstić information content (AvgIpc) is 2.47. The van der Waals surface area contributed by atoms with Crippen molar-refractivity contribution in [3.63, 3.8) is 0 Å². The van der Waals surface area contributed by atoms with Gasteiger partial charge in [-0.1, -0.05) is 19.9 Å². The molecule has 0 spiro atoms. The summed E-state index contributed by atoms with van der Waals surface area (Å²) in [6.07, 6.45) is 8.32. The van der Waals surface area contributed by atoms with Crippen LogP contribution in [0.15, 0.2) is 29.0 Å². The lowest BCUT2D eigenvalue weighted by atomic mass is 9.49. The zero-order chi connectivity index (χ0) is 14.2. The van der Waals surface area contributed by atoms with Crippen LogP contribution in [-0.2, 0) is 0 Å². The van der Waals surface area contributed by atoms with E-state index >= 15 is 0 Å². The fraction of sp³-hybridized carbons (Fsp3) is 0.533. The predicted octanol–water partition coefficient (Wildman–Crippen LogP) is 2.88. The summed E-state index contributed by atoms with van der Waals surface area (Å²) < 4.78 is 5.05. The largest absolute Gasteiger partial charge is 0.481 e. The zero-order valence-corrected chi connectivity index (χ0v) is 12.1. The number of hydrogen-bond acceptors (Lipinski definition) is 5. The van der Waals surface area contributed by atoms with Gasteiger partial charge in [0.25, 0.3) is 0 Å². The highest BCUT2D eigenvalue weighted by molar-refractivity contribution is 5.81. The first kappa shape index (κ1) is 13.1. The highest BCUT2D eigenvalue weighted by Crippen LogP contribution is 2.58. The summed E-state index contributed by atoms with van der Waals surface area (Å²) in [6, 6.07) is 1.70. The third-order valence-corrected chi connectivity index (χ3v) is 4.73. The van der Waals surface area contributed by atoms with Crippen molar-refractivity contribution in [2.24, 2.45) is 22.4 Å². The minimum atomic E-state index is 0.419. The van der Waals surface area contributed by atoms with Gasteiger partial charge in [0.05, 0.1) is 13.3 Å². The van der Waals surface area contributed by atoms with E-state index in [4.69, 9.17) is 4.74 Å². The van der Waals surface area contributed by atoms with Crippen molar-refractivity contribution in [1.29, 1.82) is 0 Å². The SMILES string of the molecule is COc1ccnc(NN=CC2=CCC3CC2C3(C)C)n1. The number of fused-ring (bicyclic) bond motifs is 1. The molecule has 0 amide bonds. The fourth-order valence-corrected chi connectivity index (χ4v) is 3.22. The number of hydrazone groups is 1. The van der Waals surface area contributed by atoms with Gasteiger partial charge in [0, 0.05) is 12.3 Å². The Morgan fingerprint density at radius 1 is 1.50 bits per heavy atom. The quantitative estimate of drug-likeness (QED) is 0.676. The van der Waals surface area contributed by atoms with Crippen LogP contribution in [-0.4, -0.2) is 23.3 Å². The van der Waals surface area contributed by atoms with Crippen molar-refractivity contribution >= 4 is 12.2 Å². The summed E-state index contributed by atoms with van der Waals surface area (Å²) >= 11 is 0. The Kier molecular flexibility index (Phi) is 3.20. The Bertz CT molecular complexity index is 565. The molecular weight excluding hydrogens is 252 g/mol. The number of ether oxygens (including phenoxy) is 1. The molecule has 1 aromatic rings. The Morgan fingerprint density at radius 3 is 3.05 bits per heavy atom. The summed E-state index contributed by atoms with van der Waals surface area (Å²) in [5.41, 5.74) is 4.60. The molecule has 0 radical (unpaired) electrons. The Balaban J connectivity index is 1.65. The van der Waals surface area contributed by atoms with Gasteiger partial charge in [-0.05, 0) is 35.7 Å². The first-order valence-electron chi connectivity index (χ1n) is 6.97. The summed E-state index contributed by atoms with van der Waals surface area (Å²) in [5.74, 6) is 2.46. The molecule has 1 aromatic heterocycles. The Labute approximate surface area is 119 Å². The number of hydrogen-bond donors (Lipinski definition) is 1. The molecule has 0 aliphatic heterocycles. The van der Waals surface area contributed by atoms with E-state index in [1.807, 2.05) is 6.21 Å². The molecule has 1 saturated carbocycles. The second-order valence-electron chi connectivity index (χ2n) is 6.04. The van der Waals surface area contributed by atoms with E-state index in [0.717, 1.165) is 5.92 Å². The zero-order valence-electron chi connectivity index (χ0n) is 12.1. The molecule has 20 heavy (non-hydrogen) atoms. The van der Waals surface area contributed by atoms with Crippen LogP contribution in [0.25, 0.3) is 0 Å². The molecule has 4 rings (SSSR count). The van der Waals surface area contributed by atoms with Gasteiger partial charge >= 0.3 is 0 Å². The van der Waals surface area contributed by atoms with Crippen LogP contribution in [0.1, 0.15) is 26.7 Å². The number of nitrogens with one attached hydrogen (secondary N) is 1. The number of rotatable bonds is 4. The molecule has 3 aliphatic rings. The van der Waals surface area contributed by atoms with E-state index in [1.54, 1.807) is 19.4 Å². The number of aromatic nitrogens is 2. The molecule has 2 bridgehead atoms. The third-order valence-electron chi connectivity index (χ3n) is 4.73. The molecular formula is C15H20N4O. The lowest BCUT2D eigenvalue weighted by molar-refractivity contribution is -0.00124. The standard InChI is InChI=1S/C15H20N4O/c1-15(2)11-5-4-10(12(15)8-11)9-17-19-14-16-7-6-13(18-14)20-3/h4,6-7,9,11-12H,5,8H2,1-3H3,(H,16,18,19). The Hall–Kier alpha value is -1.91. The molecule has 2 unspecified atom stereocenters. The lowest BCUT2D eigenvalue weighted by Crippen LogP contribution is -2.48. The minimum absolute atomic E-state index is 0.419. The van der Waals surface area contributed by atoms with E-state index in [1.165, 1.54) is 18.4 Å². The first-order valence-corrected chi connectivity index (χ1v) is 6.97. The van der Waals surface area contributed by atoms with Gasteiger partial charge in [0.1, 0.15) is 0 Å². The number of nitrogens with zero attached hydrogens (tertiary/aromatic N) is 3. The fourth-order valence-electron chi connectivity index (χ4n) is 3.22. The van der Waals surface area contributed by atoms with Gasteiger partial charge in [0.15, 0.2) is 0 Å². The lowest BCUT2D eigenvalue weighted by Gasteiger charge is -2.55. The van der Waals surface area contributed by atoms with Crippen molar-refractivity contribution in [1.82, 2.24) is 9.97 Å². The second-order valence-corrected chi connectivity index (χ2v) is 6.04. The van der Waals surface area contributed by atoms with Gasteiger partial charge in [-0.2, -0.15) is 10.1 Å². The van der Waals surface area contributed by atoms with Crippen molar-refractivity contribution < 1.29 is 4.74 Å². The van der Waals surface area contributed by atoms with Gasteiger partial charge in [-0.3, -0.25) is 0 Å². The second kappa shape index (κ2) is 4.89. The summed E-state index contributed by atoms with van der Waals surface area (Å²) in [7, 11) is 1.58. The molecule has 1 N–H and O–H groups in total. The van der Waals surface area contributed by atoms with Crippen LogP contribution >= 0.6 is 0 Å². The summed E-state index contributed by atoms with van der Waals surface area (Å²) in [5, 5.41) is 4.26. The predicted molar refractivity (Wildman–Crippen MR) is 78.8 cm³/mol. The topological polar surface area (TPSA) is 59.4 Å². The highest BCUT2D eigenvalue weighted by atomic mass is 16.5. The van der Waals surface area contributed by atoms with Gasteiger partial charge < -0.3 is 4.74 Å². The molecule has 5 heteroatoms. The Morgan fingerprint density at radius 2 is 2.35 bits per heavy atom. The summed E-state index contributed by atoms with van der Waals surface area (Å²) in [6.45, 7) is 4.70. The van der Waals surface area contributed by atoms with E-state index in [2.05, 4.69) is 40.4 Å². The van der Waals surface area contributed by atoms with Crippen LogP contribution in [0, 0.1) is 17.3 Å². The van der Waals surface area contributed by atoms with Crippen molar-refractivity contribution in [2.45, 2.75) is 26.7 Å². The third kappa shape index (κ3) is 2.17. The normalized spacial score (nSPS) is 26.9. The van der Waals surface area contributed by atoms with Gasteiger partial charge in [-0.25, -0.2) is 10.4 Å². The van der Waals surface area contributed by atoms with Crippen LogP contribution < -0.4 is 10.2 Å². The molecule has 1 fully saturated rings. The van der Waals surface area contributed by atoms with Crippen molar-refractivity contribution in [3.8, 4) is 5.88 Å². The number of methoxy groups -OCH3 is 1. The van der Waals surface area contributed by atoms with Gasteiger partial charge in [0.2, 0.25) is 11.8 Å². The molecule has 1 heterocycles. The van der Waals surface area contributed by atoms with E-state index in [9.17, 15) is 0 Å². The molecule has 0 saturated heterocycles. The van der Waals surface area contributed by atoms with Crippen molar-refractivity contribution in [2.75, 3.05) is 12.5 Å². The molecule has 2 atom stereocenters. The van der Waals surface area contributed by atoms with Crippen LogP contribution in [0.3, 0.4) is 0 Å². The van der Waals surface area contributed by atoms with Crippen LogP contribution in [0.2, 0.25) is 0 Å². The minimum Gasteiger partial charge on any atom is -0.481 e. The summed E-state index contributed by atoms with van der Waals surface area (Å²) in [4.78, 5) is 8.25. The maximum Gasteiger partial charge on any atom is 0.246 e. The molecule has 3 aliphatic carbocycles. The molecule has 5 nitrogen and oxygen atoms in total. The van der Waals surface area contributed by atoms with E-state index in [0.29, 0.717) is 23.2 Å².